The van der Waals surface area contributed by atoms with Crippen LogP contribution in [-0.4, -0.2) is 33.5 Å². The van der Waals surface area contributed by atoms with Crippen molar-refractivity contribution >= 4 is 23.3 Å². The molecule has 3 aromatic heterocycles. The second-order valence-corrected chi connectivity index (χ2v) is 8.95. The van der Waals surface area contributed by atoms with Crippen LogP contribution >= 0.6 is 11.6 Å². The second kappa shape index (κ2) is 11.1. The van der Waals surface area contributed by atoms with Crippen LogP contribution in [0, 0.1) is 18.3 Å². The van der Waals surface area contributed by atoms with E-state index in [-0.39, 0.29) is 30.1 Å². The normalized spacial score (nSPS) is 11.5. The lowest BCUT2D eigenvalue weighted by atomic mass is 9.98. The van der Waals surface area contributed by atoms with E-state index in [4.69, 9.17) is 26.6 Å². The highest BCUT2D eigenvalue weighted by Crippen LogP contribution is 2.33. The molecule has 0 aliphatic heterocycles. The van der Waals surface area contributed by atoms with E-state index in [1.54, 1.807) is 37.3 Å². The van der Waals surface area contributed by atoms with Crippen LogP contribution in [0.4, 0.5) is 0 Å². The summed E-state index contributed by atoms with van der Waals surface area (Å²) in [5, 5.41) is 13.9. The number of hydrogen-bond acceptors (Lipinski definition) is 8. The summed E-state index contributed by atoms with van der Waals surface area (Å²) in [7, 11) is 1.42. The van der Waals surface area contributed by atoms with Gasteiger partial charge in [0.1, 0.15) is 23.2 Å². The van der Waals surface area contributed by atoms with Gasteiger partial charge >= 0.3 is 0 Å². The van der Waals surface area contributed by atoms with Crippen LogP contribution in [0.2, 0.25) is 5.02 Å². The molecule has 3 heterocycles. The van der Waals surface area contributed by atoms with E-state index < -0.39 is 17.5 Å². The zero-order chi connectivity index (χ0) is 27.4. The molecule has 0 aliphatic rings. The molecule has 1 unspecified atom stereocenters. The Morgan fingerprint density at radius 2 is 2.00 bits per heavy atom. The summed E-state index contributed by atoms with van der Waals surface area (Å²) < 4.78 is 12.0. The minimum Gasteiger partial charge on any atom is -0.495 e. The Morgan fingerprint density at radius 3 is 2.61 bits per heavy atom. The lowest BCUT2D eigenvalue weighted by Crippen LogP contribution is -2.32. The number of carbonyl (C=O) groups excluding carboxylic acids is 2. The molecule has 4 rings (SSSR count). The first-order valence-electron chi connectivity index (χ1n) is 11.4. The third-order valence-electron chi connectivity index (χ3n) is 5.90. The van der Waals surface area contributed by atoms with Gasteiger partial charge in [-0.25, -0.2) is 0 Å². The van der Waals surface area contributed by atoms with Crippen LogP contribution in [0.3, 0.4) is 0 Å². The fourth-order valence-corrected chi connectivity index (χ4v) is 4.23. The molecule has 0 saturated heterocycles. The van der Waals surface area contributed by atoms with Crippen molar-refractivity contribution in [3.05, 3.63) is 98.5 Å². The number of nitrogens with zero attached hydrogens (tertiary/aromatic N) is 4. The van der Waals surface area contributed by atoms with E-state index >= 15 is 0 Å². The topological polar surface area (TPSA) is 154 Å². The number of pyridine rings is 2. The number of Topliss-reactive ketones (excluding diaryl/α,β-unsaturated/α-hetero) is 1. The van der Waals surface area contributed by atoms with Crippen molar-refractivity contribution in [1.82, 2.24) is 14.7 Å². The molecule has 0 saturated carbocycles. The van der Waals surface area contributed by atoms with Gasteiger partial charge in [-0.3, -0.25) is 19.4 Å². The molecule has 0 radical (unpaired) electrons. The SMILES string of the molecule is COc1cn(C(Cc2cc(C)on2)C(=O)Cc2ccc(C(N)=O)nc2)c(=O)cc1-c1cc(Cl)ccc1C#N. The van der Waals surface area contributed by atoms with E-state index in [0.717, 1.165) is 0 Å². The molecule has 0 aliphatic carbocycles. The number of carbonyl (C=O) groups is 2. The Hall–Kier alpha value is -4.75. The number of nitrogens with two attached hydrogens (primary N) is 1. The van der Waals surface area contributed by atoms with Crippen molar-refractivity contribution in [3.8, 4) is 22.9 Å². The molecule has 0 bridgehead atoms. The molecule has 1 amide bonds. The minimum absolute atomic E-state index is 0.0725. The number of benzene rings is 1. The number of ketones is 1. The average molecular weight is 532 g/mol. The fraction of sp³-hybridized carbons (Fsp3) is 0.185. The molecule has 11 heteroatoms. The molecule has 0 fully saturated rings. The smallest absolute Gasteiger partial charge is 0.267 e. The summed E-state index contributed by atoms with van der Waals surface area (Å²) >= 11 is 6.15. The van der Waals surface area contributed by atoms with Crippen LogP contribution in [0.25, 0.3) is 11.1 Å². The number of ether oxygens (including phenoxy) is 1. The number of hydrogen-bond donors (Lipinski definition) is 1. The number of rotatable bonds is 9. The van der Waals surface area contributed by atoms with Crippen molar-refractivity contribution in [3.63, 3.8) is 0 Å². The van der Waals surface area contributed by atoms with Crippen LogP contribution in [0.1, 0.15) is 39.1 Å². The Labute approximate surface area is 222 Å². The van der Waals surface area contributed by atoms with Crippen molar-refractivity contribution in [1.29, 1.82) is 5.26 Å². The highest BCUT2D eigenvalue weighted by molar-refractivity contribution is 6.31. The van der Waals surface area contributed by atoms with Gasteiger partial charge in [0, 0.05) is 47.3 Å². The van der Waals surface area contributed by atoms with Crippen LogP contribution in [0.5, 0.6) is 5.75 Å². The lowest BCUT2D eigenvalue weighted by molar-refractivity contribution is -0.121. The number of halogens is 1. The quantitative estimate of drug-likeness (QED) is 0.344. The highest BCUT2D eigenvalue weighted by atomic mass is 35.5. The third-order valence-corrected chi connectivity index (χ3v) is 6.13. The lowest BCUT2D eigenvalue weighted by Gasteiger charge is -2.20. The molecule has 1 atom stereocenters. The molecule has 38 heavy (non-hydrogen) atoms. The number of primary amides is 1. The van der Waals surface area contributed by atoms with Gasteiger partial charge in [0.2, 0.25) is 0 Å². The zero-order valence-electron chi connectivity index (χ0n) is 20.5. The third kappa shape index (κ3) is 5.63. The van der Waals surface area contributed by atoms with Gasteiger partial charge in [-0.2, -0.15) is 5.26 Å². The van der Waals surface area contributed by atoms with Gasteiger partial charge in [-0.15, -0.1) is 0 Å². The Kier molecular flexibility index (Phi) is 7.69. The van der Waals surface area contributed by atoms with Gasteiger partial charge in [-0.1, -0.05) is 22.8 Å². The van der Waals surface area contributed by atoms with E-state index in [2.05, 4.69) is 16.2 Å². The summed E-state index contributed by atoms with van der Waals surface area (Å²) in [5.74, 6) is -0.163. The van der Waals surface area contributed by atoms with Crippen LogP contribution < -0.4 is 16.0 Å². The first-order chi connectivity index (χ1) is 18.2. The van der Waals surface area contributed by atoms with E-state index in [9.17, 15) is 19.6 Å². The maximum atomic E-state index is 13.6. The van der Waals surface area contributed by atoms with Crippen LogP contribution in [-0.2, 0) is 17.6 Å². The first kappa shape index (κ1) is 26.3. The number of methoxy groups -OCH3 is 1. The Balaban J connectivity index is 1.78. The van der Waals surface area contributed by atoms with Crippen molar-refractivity contribution in [2.75, 3.05) is 7.11 Å². The first-order valence-corrected chi connectivity index (χ1v) is 11.8. The predicted octanol–water partition coefficient (Wildman–Crippen LogP) is 3.43. The molecule has 10 nitrogen and oxygen atoms in total. The van der Waals surface area contributed by atoms with Crippen LogP contribution in [0.15, 0.2) is 64.2 Å². The van der Waals surface area contributed by atoms with Crippen molar-refractivity contribution in [2.24, 2.45) is 5.73 Å². The highest BCUT2D eigenvalue weighted by Gasteiger charge is 2.26. The van der Waals surface area contributed by atoms with Gasteiger partial charge in [0.05, 0.1) is 30.6 Å². The van der Waals surface area contributed by atoms with E-state index in [1.807, 2.05) is 0 Å². The summed E-state index contributed by atoms with van der Waals surface area (Å²) in [6.45, 7) is 1.72. The standard InChI is InChI=1S/C27H22ClN5O5/c1-15-7-19(32-38-15)10-23(24(34)8-16-3-6-22(27(30)36)31-13-16)33-14-25(37-2)21(11-26(33)35)20-9-18(28)5-4-17(20)12-29/h3-7,9,11,13-14,23H,8,10H2,1-2H3,(H2,30,36). The van der Waals surface area contributed by atoms with Gasteiger partial charge < -0.3 is 19.6 Å². The number of aryl methyl sites for hydroxylation is 1. The van der Waals surface area contributed by atoms with Gasteiger partial charge in [0.15, 0.2) is 5.78 Å². The Bertz CT molecular complexity index is 1620. The number of amides is 1. The Morgan fingerprint density at radius 1 is 1.21 bits per heavy atom. The monoisotopic (exact) mass is 531 g/mol. The molecule has 4 aromatic rings. The molecule has 2 N–H and O–H groups in total. The summed E-state index contributed by atoms with van der Waals surface area (Å²) in [4.78, 5) is 42.3. The zero-order valence-corrected chi connectivity index (χ0v) is 21.2. The molecule has 1 aromatic carbocycles. The predicted molar refractivity (Wildman–Crippen MR) is 138 cm³/mol. The fourth-order valence-electron chi connectivity index (χ4n) is 4.06. The van der Waals surface area contributed by atoms with E-state index in [1.165, 1.54) is 36.2 Å². The molecular weight excluding hydrogens is 510 g/mol. The van der Waals surface area contributed by atoms with Crippen molar-refractivity contribution < 1.29 is 18.8 Å². The van der Waals surface area contributed by atoms with Gasteiger partial charge in [0.25, 0.3) is 11.5 Å². The molecule has 0 spiro atoms. The van der Waals surface area contributed by atoms with Gasteiger partial charge in [-0.05, 0) is 36.8 Å². The largest absolute Gasteiger partial charge is 0.495 e. The minimum atomic E-state index is -0.972. The van der Waals surface area contributed by atoms with Crippen molar-refractivity contribution in [2.45, 2.75) is 25.8 Å². The molecular formula is C27H22ClN5O5. The summed E-state index contributed by atoms with van der Waals surface area (Å²) in [6, 6.07) is 11.8. The number of nitriles is 1. The average Bonchev–Trinajstić information content (AvgIpc) is 3.32. The molecule has 192 valence electrons. The number of aromatic nitrogens is 3. The summed E-state index contributed by atoms with van der Waals surface area (Å²) in [6.07, 6.45) is 2.83. The summed E-state index contributed by atoms with van der Waals surface area (Å²) in [5.41, 5.74) is 6.94. The van der Waals surface area contributed by atoms with E-state index in [0.29, 0.717) is 38.7 Å². The maximum absolute atomic E-state index is 13.6. The maximum Gasteiger partial charge on any atom is 0.267 e. The second-order valence-electron chi connectivity index (χ2n) is 8.51.